The second kappa shape index (κ2) is 9.62. The van der Waals surface area contributed by atoms with Crippen LogP contribution >= 0.6 is 0 Å². The van der Waals surface area contributed by atoms with E-state index >= 15 is 0 Å². The highest BCUT2D eigenvalue weighted by Crippen LogP contribution is 2.39. The van der Waals surface area contributed by atoms with Crippen molar-refractivity contribution in [3.8, 4) is 17.2 Å². The number of pyridine rings is 1. The van der Waals surface area contributed by atoms with Gasteiger partial charge in [-0.05, 0) is 93.6 Å². The first-order valence-corrected chi connectivity index (χ1v) is 13.0. The number of likely N-dealkylation sites (N-methyl/N-ethyl adjacent to an activating group) is 1. The van der Waals surface area contributed by atoms with E-state index in [0.717, 1.165) is 71.5 Å². The van der Waals surface area contributed by atoms with E-state index in [4.69, 9.17) is 14.2 Å². The fraction of sp³-hybridized carbons (Fsp3) is 0.448. The highest BCUT2D eigenvalue weighted by Gasteiger charge is 2.28. The van der Waals surface area contributed by atoms with Crippen molar-refractivity contribution < 1.29 is 19.0 Å². The van der Waals surface area contributed by atoms with Gasteiger partial charge < -0.3 is 19.1 Å². The van der Waals surface area contributed by atoms with Crippen molar-refractivity contribution in [1.29, 1.82) is 0 Å². The molecular weight excluding hydrogens is 454 g/mol. The van der Waals surface area contributed by atoms with Gasteiger partial charge in [0.05, 0.1) is 11.2 Å². The Morgan fingerprint density at radius 2 is 1.86 bits per heavy atom. The van der Waals surface area contributed by atoms with Gasteiger partial charge in [0.2, 0.25) is 0 Å². The maximum atomic E-state index is 12.0. The molecule has 0 aliphatic carbocycles. The molecule has 3 aliphatic rings. The van der Waals surface area contributed by atoms with Gasteiger partial charge in [-0.3, -0.25) is 14.7 Å². The second-order valence-electron chi connectivity index (χ2n) is 10.3. The van der Waals surface area contributed by atoms with Gasteiger partial charge in [0.25, 0.3) is 5.91 Å². The minimum absolute atomic E-state index is 0.00260. The highest BCUT2D eigenvalue weighted by molar-refractivity contribution is 5.97. The summed E-state index contributed by atoms with van der Waals surface area (Å²) in [6.07, 6.45) is 4.61. The molecule has 36 heavy (non-hydrogen) atoms. The molecule has 1 fully saturated rings. The van der Waals surface area contributed by atoms with E-state index in [0.29, 0.717) is 6.61 Å². The monoisotopic (exact) mass is 487 g/mol. The smallest absolute Gasteiger partial charge is 0.264 e. The van der Waals surface area contributed by atoms with E-state index in [1.165, 1.54) is 24.8 Å². The van der Waals surface area contributed by atoms with E-state index in [1.807, 2.05) is 38.2 Å². The van der Waals surface area contributed by atoms with Crippen molar-refractivity contribution in [2.24, 2.45) is 5.92 Å². The van der Waals surface area contributed by atoms with E-state index in [2.05, 4.69) is 28.1 Å². The molecule has 1 amide bonds. The number of carbonyl (C=O) groups is 1. The minimum Gasteiger partial charge on any atom is -0.486 e. The zero-order chi connectivity index (χ0) is 24.6. The summed E-state index contributed by atoms with van der Waals surface area (Å²) in [6, 6.07) is 14.3. The van der Waals surface area contributed by atoms with Gasteiger partial charge in [0, 0.05) is 24.7 Å². The van der Waals surface area contributed by atoms with Crippen molar-refractivity contribution in [2.45, 2.75) is 38.7 Å². The molecule has 1 aromatic heterocycles. The Hall–Kier alpha value is -3.32. The summed E-state index contributed by atoms with van der Waals surface area (Å²) in [5.41, 5.74) is 4.10. The lowest BCUT2D eigenvalue weighted by Gasteiger charge is -2.36. The lowest BCUT2D eigenvalue weighted by atomic mass is 9.90. The Labute approximate surface area is 212 Å². The Morgan fingerprint density at radius 1 is 1.03 bits per heavy atom. The molecule has 3 aliphatic heterocycles. The molecule has 0 radical (unpaired) electrons. The molecule has 3 aromatic rings. The van der Waals surface area contributed by atoms with Gasteiger partial charge in [-0.25, -0.2) is 0 Å². The van der Waals surface area contributed by atoms with Crippen molar-refractivity contribution in [3.63, 3.8) is 0 Å². The molecule has 0 unspecified atom stereocenters. The average molecular weight is 488 g/mol. The number of piperidine rings is 1. The molecule has 7 heteroatoms. The van der Waals surface area contributed by atoms with Crippen LogP contribution in [0.5, 0.6) is 17.2 Å². The number of carbonyl (C=O) groups excluding carboxylic acids is 1. The number of benzene rings is 2. The molecule has 6 rings (SSSR count). The molecule has 0 bridgehead atoms. The summed E-state index contributed by atoms with van der Waals surface area (Å²) < 4.78 is 18.1. The minimum atomic E-state index is 0.00260. The van der Waals surface area contributed by atoms with Gasteiger partial charge in [-0.1, -0.05) is 6.07 Å². The van der Waals surface area contributed by atoms with Gasteiger partial charge in [-0.2, -0.15) is 0 Å². The van der Waals surface area contributed by atoms with E-state index in [9.17, 15) is 4.79 Å². The largest absolute Gasteiger partial charge is 0.486 e. The van der Waals surface area contributed by atoms with E-state index in [-0.39, 0.29) is 18.6 Å². The summed E-state index contributed by atoms with van der Waals surface area (Å²) in [6.45, 7) is 5.76. The predicted octanol–water partition coefficient (Wildman–Crippen LogP) is 4.38. The number of fused-ring (bicyclic) bond motifs is 4. The number of hydrogen-bond acceptors (Lipinski definition) is 6. The number of aromatic nitrogens is 1. The number of likely N-dealkylation sites (tertiary alicyclic amines) is 1. The van der Waals surface area contributed by atoms with Crippen molar-refractivity contribution in [3.05, 3.63) is 53.7 Å². The normalized spacial score (nSPS) is 20.3. The summed E-state index contributed by atoms with van der Waals surface area (Å²) in [5, 5.41) is 1.02. The molecule has 188 valence electrons. The first-order valence-electron chi connectivity index (χ1n) is 13.0. The number of anilines is 1. The molecule has 7 nitrogen and oxygen atoms in total. The third-order valence-corrected chi connectivity index (χ3v) is 7.75. The standard InChI is InChI=1S/C29H33N3O4/c1-19-3-7-23-24(30-19)8-10-27-29(23)36-22(17-34-27)16-32-13-11-20(12-14-32)4-5-21-6-9-26-25(15-21)31(2)28(33)18-35-26/h3,6-10,15,20,22H,4-5,11-14,16-18H2,1-2H3/t22-/m0/s1. The number of ether oxygens (including phenoxy) is 3. The van der Waals surface area contributed by atoms with Crippen LogP contribution in [-0.4, -0.2) is 61.8 Å². The van der Waals surface area contributed by atoms with Crippen LogP contribution in [0.1, 0.15) is 30.5 Å². The van der Waals surface area contributed by atoms with Crippen LogP contribution in [0, 0.1) is 12.8 Å². The first-order chi connectivity index (χ1) is 17.5. The fourth-order valence-corrected chi connectivity index (χ4v) is 5.56. The first kappa shape index (κ1) is 23.1. The SMILES string of the molecule is Cc1ccc2c3c(ccc2n1)OC[C@H](CN1CCC(CCc2ccc4c(c2)N(C)C(=O)CO4)CC1)O3. The van der Waals surface area contributed by atoms with Crippen LogP contribution in [0.2, 0.25) is 0 Å². The summed E-state index contributed by atoms with van der Waals surface area (Å²) in [5.74, 6) is 3.16. The molecule has 4 heterocycles. The van der Waals surface area contributed by atoms with Gasteiger partial charge in [0.15, 0.2) is 18.1 Å². The number of aryl methyl sites for hydroxylation is 2. The van der Waals surface area contributed by atoms with Crippen LogP contribution in [0.15, 0.2) is 42.5 Å². The zero-order valence-corrected chi connectivity index (χ0v) is 21.0. The number of amides is 1. The lowest BCUT2D eigenvalue weighted by Crippen LogP contribution is -2.44. The summed E-state index contributed by atoms with van der Waals surface area (Å²) in [4.78, 5) is 20.8. The highest BCUT2D eigenvalue weighted by atomic mass is 16.6. The Kier molecular flexibility index (Phi) is 6.17. The number of rotatable bonds is 5. The van der Waals surface area contributed by atoms with Crippen LogP contribution < -0.4 is 19.1 Å². The third-order valence-electron chi connectivity index (χ3n) is 7.75. The number of nitrogens with zero attached hydrogens (tertiary/aromatic N) is 3. The predicted molar refractivity (Wildman–Crippen MR) is 139 cm³/mol. The zero-order valence-electron chi connectivity index (χ0n) is 21.0. The van der Waals surface area contributed by atoms with Crippen molar-refractivity contribution in [1.82, 2.24) is 9.88 Å². The van der Waals surface area contributed by atoms with E-state index in [1.54, 1.807) is 4.90 Å². The average Bonchev–Trinajstić information content (AvgIpc) is 2.90. The van der Waals surface area contributed by atoms with Crippen LogP contribution in [0.3, 0.4) is 0 Å². The van der Waals surface area contributed by atoms with Gasteiger partial charge >= 0.3 is 0 Å². The lowest BCUT2D eigenvalue weighted by molar-refractivity contribution is -0.120. The Morgan fingerprint density at radius 3 is 2.72 bits per heavy atom. The second-order valence-corrected chi connectivity index (χ2v) is 10.3. The van der Waals surface area contributed by atoms with Crippen LogP contribution in [0.4, 0.5) is 5.69 Å². The Bertz CT molecular complexity index is 1280. The van der Waals surface area contributed by atoms with Crippen LogP contribution in [-0.2, 0) is 11.2 Å². The molecule has 0 spiro atoms. The van der Waals surface area contributed by atoms with Crippen LogP contribution in [0.25, 0.3) is 10.9 Å². The van der Waals surface area contributed by atoms with Gasteiger partial charge in [0.1, 0.15) is 18.5 Å². The Balaban J connectivity index is 1.01. The molecule has 0 N–H and O–H groups in total. The third kappa shape index (κ3) is 4.60. The summed E-state index contributed by atoms with van der Waals surface area (Å²) in [7, 11) is 1.82. The van der Waals surface area contributed by atoms with E-state index < -0.39 is 0 Å². The molecule has 0 saturated carbocycles. The maximum absolute atomic E-state index is 12.0. The quantitative estimate of drug-likeness (QED) is 0.532. The molecule has 1 saturated heterocycles. The van der Waals surface area contributed by atoms with Crippen molar-refractivity contribution in [2.75, 3.05) is 44.8 Å². The van der Waals surface area contributed by atoms with Gasteiger partial charge in [-0.15, -0.1) is 0 Å². The fourth-order valence-electron chi connectivity index (χ4n) is 5.56. The maximum Gasteiger partial charge on any atom is 0.264 e. The van der Waals surface area contributed by atoms with Crippen molar-refractivity contribution >= 4 is 22.5 Å². The number of hydrogen-bond donors (Lipinski definition) is 0. The summed E-state index contributed by atoms with van der Waals surface area (Å²) >= 11 is 0. The molecular formula is C29H33N3O4. The molecule has 2 aromatic carbocycles. The topological polar surface area (TPSA) is 64.1 Å². The molecule has 1 atom stereocenters.